The maximum Gasteiger partial charge on any atom is 0.152 e. The standard InChI is InChI=1S/C13H12N4O/c14-6-5-13-15-7-11(16-17-13)10-8-18-12-4-2-1-3-9(10)12/h1-4,7-8H,5-6,14H2. The highest BCUT2D eigenvalue weighted by atomic mass is 16.3. The second-order valence-corrected chi connectivity index (χ2v) is 3.94. The Balaban J connectivity index is 2.03. The van der Waals surface area contributed by atoms with E-state index in [0.717, 1.165) is 16.5 Å². The van der Waals surface area contributed by atoms with Gasteiger partial charge in [0.25, 0.3) is 0 Å². The third-order valence-electron chi connectivity index (χ3n) is 2.73. The normalized spacial score (nSPS) is 10.9. The molecule has 0 aliphatic heterocycles. The number of rotatable bonds is 3. The van der Waals surface area contributed by atoms with Crippen molar-refractivity contribution in [2.45, 2.75) is 6.42 Å². The molecular weight excluding hydrogens is 228 g/mol. The van der Waals surface area contributed by atoms with Crippen LogP contribution < -0.4 is 5.73 Å². The van der Waals surface area contributed by atoms with Crippen molar-refractivity contribution in [2.24, 2.45) is 5.73 Å². The summed E-state index contributed by atoms with van der Waals surface area (Å²) in [5, 5.41) is 9.22. The fourth-order valence-electron chi connectivity index (χ4n) is 1.84. The van der Waals surface area contributed by atoms with Crippen LogP contribution >= 0.6 is 0 Å². The molecule has 90 valence electrons. The predicted octanol–water partition coefficient (Wildman–Crippen LogP) is 1.79. The number of hydrogen-bond donors (Lipinski definition) is 1. The molecule has 18 heavy (non-hydrogen) atoms. The van der Waals surface area contributed by atoms with E-state index in [1.54, 1.807) is 12.5 Å². The minimum atomic E-state index is 0.523. The van der Waals surface area contributed by atoms with Crippen LogP contribution in [0.25, 0.3) is 22.2 Å². The van der Waals surface area contributed by atoms with Crippen LogP contribution in [0.5, 0.6) is 0 Å². The number of fused-ring (bicyclic) bond motifs is 1. The van der Waals surface area contributed by atoms with E-state index >= 15 is 0 Å². The highest BCUT2D eigenvalue weighted by molar-refractivity contribution is 5.92. The van der Waals surface area contributed by atoms with Gasteiger partial charge in [0, 0.05) is 17.4 Å². The maximum absolute atomic E-state index is 5.47. The van der Waals surface area contributed by atoms with Gasteiger partial charge in [-0.2, -0.15) is 0 Å². The molecule has 0 atom stereocenters. The van der Waals surface area contributed by atoms with Gasteiger partial charge in [0.15, 0.2) is 5.82 Å². The fraction of sp³-hybridized carbons (Fsp3) is 0.154. The molecule has 0 radical (unpaired) electrons. The highest BCUT2D eigenvalue weighted by Gasteiger charge is 2.09. The zero-order valence-corrected chi connectivity index (χ0v) is 9.71. The molecule has 0 amide bonds. The first-order chi connectivity index (χ1) is 8.88. The lowest BCUT2D eigenvalue weighted by atomic mass is 10.1. The zero-order valence-electron chi connectivity index (χ0n) is 9.71. The van der Waals surface area contributed by atoms with E-state index in [1.807, 2.05) is 24.3 Å². The van der Waals surface area contributed by atoms with Crippen molar-refractivity contribution >= 4 is 11.0 Å². The molecule has 0 saturated heterocycles. The van der Waals surface area contributed by atoms with Crippen molar-refractivity contribution in [3.8, 4) is 11.3 Å². The first-order valence-electron chi connectivity index (χ1n) is 5.74. The van der Waals surface area contributed by atoms with Gasteiger partial charge in [0.05, 0.1) is 6.20 Å². The highest BCUT2D eigenvalue weighted by Crippen LogP contribution is 2.28. The van der Waals surface area contributed by atoms with Gasteiger partial charge in [0.2, 0.25) is 0 Å². The zero-order chi connectivity index (χ0) is 12.4. The van der Waals surface area contributed by atoms with Crippen LogP contribution in [0.15, 0.2) is 41.1 Å². The summed E-state index contributed by atoms with van der Waals surface area (Å²) < 4.78 is 5.47. The molecule has 3 aromatic rings. The van der Waals surface area contributed by atoms with Gasteiger partial charge >= 0.3 is 0 Å². The Morgan fingerprint density at radius 2 is 2.06 bits per heavy atom. The van der Waals surface area contributed by atoms with Gasteiger partial charge in [0.1, 0.15) is 17.5 Å². The predicted molar refractivity (Wildman–Crippen MR) is 67.8 cm³/mol. The van der Waals surface area contributed by atoms with Gasteiger partial charge in [-0.3, -0.25) is 0 Å². The van der Waals surface area contributed by atoms with Gasteiger partial charge in [-0.15, -0.1) is 10.2 Å². The minimum absolute atomic E-state index is 0.523. The van der Waals surface area contributed by atoms with Gasteiger partial charge < -0.3 is 10.2 Å². The molecule has 3 rings (SSSR count). The van der Waals surface area contributed by atoms with Gasteiger partial charge in [-0.05, 0) is 12.6 Å². The molecule has 0 unspecified atom stereocenters. The fourth-order valence-corrected chi connectivity index (χ4v) is 1.84. The molecular formula is C13H12N4O. The van der Waals surface area contributed by atoms with E-state index in [-0.39, 0.29) is 0 Å². The van der Waals surface area contributed by atoms with Crippen molar-refractivity contribution in [1.82, 2.24) is 15.2 Å². The summed E-state index contributed by atoms with van der Waals surface area (Å²) in [7, 11) is 0. The SMILES string of the molecule is NCCc1ncc(-c2coc3ccccc23)nn1. The Hall–Kier alpha value is -2.27. The molecule has 0 aliphatic rings. The van der Waals surface area contributed by atoms with Gasteiger partial charge in [-0.25, -0.2) is 4.98 Å². The largest absolute Gasteiger partial charge is 0.464 e. The number of nitrogens with zero attached hydrogens (tertiary/aromatic N) is 3. The van der Waals surface area contributed by atoms with Crippen LogP contribution in [0, 0.1) is 0 Å². The third kappa shape index (κ3) is 1.84. The molecule has 2 heterocycles. The van der Waals surface area contributed by atoms with Crippen molar-refractivity contribution < 1.29 is 4.42 Å². The van der Waals surface area contributed by atoms with Crippen LogP contribution in [0.3, 0.4) is 0 Å². The molecule has 0 spiro atoms. The van der Waals surface area contributed by atoms with E-state index in [2.05, 4.69) is 15.2 Å². The summed E-state index contributed by atoms with van der Waals surface area (Å²) in [4.78, 5) is 4.24. The Bertz CT molecular complexity index is 660. The molecule has 5 nitrogen and oxygen atoms in total. The van der Waals surface area contributed by atoms with Crippen molar-refractivity contribution in [1.29, 1.82) is 0 Å². The summed E-state index contributed by atoms with van der Waals surface area (Å²) in [5.41, 5.74) is 7.89. The molecule has 0 saturated carbocycles. The lowest BCUT2D eigenvalue weighted by Gasteiger charge is -1.98. The number of para-hydroxylation sites is 1. The quantitative estimate of drug-likeness (QED) is 0.755. The molecule has 5 heteroatoms. The molecule has 0 fully saturated rings. The molecule has 0 aliphatic carbocycles. The van der Waals surface area contributed by atoms with Gasteiger partial charge in [-0.1, -0.05) is 18.2 Å². The van der Waals surface area contributed by atoms with Crippen molar-refractivity contribution in [3.63, 3.8) is 0 Å². The monoisotopic (exact) mass is 240 g/mol. The number of nitrogens with two attached hydrogens (primary N) is 1. The van der Waals surface area contributed by atoms with Crippen LogP contribution in [0.2, 0.25) is 0 Å². The number of aromatic nitrogens is 3. The summed E-state index contributed by atoms with van der Waals surface area (Å²) in [5.74, 6) is 0.661. The van der Waals surface area contributed by atoms with Crippen LogP contribution in [-0.4, -0.2) is 21.7 Å². The van der Waals surface area contributed by atoms with Crippen LogP contribution in [0.4, 0.5) is 0 Å². The maximum atomic E-state index is 5.47. The lowest BCUT2D eigenvalue weighted by Crippen LogP contribution is -2.07. The van der Waals surface area contributed by atoms with E-state index in [4.69, 9.17) is 10.2 Å². The average Bonchev–Trinajstić information content (AvgIpc) is 2.84. The summed E-state index contributed by atoms with van der Waals surface area (Å²) in [6, 6.07) is 7.81. The minimum Gasteiger partial charge on any atom is -0.464 e. The topological polar surface area (TPSA) is 77.8 Å². The van der Waals surface area contributed by atoms with E-state index in [9.17, 15) is 0 Å². The Kier molecular flexibility index (Phi) is 2.74. The summed E-state index contributed by atoms with van der Waals surface area (Å²) in [6.45, 7) is 0.523. The number of furan rings is 1. The number of benzene rings is 1. The van der Waals surface area contributed by atoms with E-state index in [0.29, 0.717) is 24.5 Å². The Morgan fingerprint density at radius 1 is 1.17 bits per heavy atom. The first-order valence-corrected chi connectivity index (χ1v) is 5.74. The molecule has 2 aromatic heterocycles. The molecule has 1 aromatic carbocycles. The summed E-state index contributed by atoms with van der Waals surface area (Å²) >= 11 is 0. The second-order valence-electron chi connectivity index (χ2n) is 3.94. The Morgan fingerprint density at radius 3 is 2.83 bits per heavy atom. The Labute approximate surface area is 104 Å². The van der Waals surface area contributed by atoms with Crippen molar-refractivity contribution in [2.75, 3.05) is 6.54 Å². The summed E-state index contributed by atoms with van der Waals surface area (Å²) in [6.07, 6.45) is 4.02. The van der Waals surface area contributed by atoms with Crippen molar-refractivity contribution in [3.05, 3.63) is 42.5 Å². The second kappa shape index (κ2) is 4.54. The lowest BCUT2D eigenvalue weighted by molar-refractivity contribution is 0.616. The van der Waals surface area contributed by atoms with E-state index < -0.39 is 0 Å². The molecule has 2 N–H and O–H groups in total. The average molecular weight is 240 g/mol. The first kappa shape index (κ1) is 10.9. The smallest absolute Gasteiger partial charge is 0.152 e. The third-order valence-corrected chi connectivity index (χ3v) is 2.73. The van der Waals surface area contributed by atoms with Crippen LogP contribution in [0.1, 0.15) is 5.82 Å². The van der Waals surface area contributed by atoms with Crippen LogP contribution in [-0.2, 0) is 6.42 Å². The van der Waals surface area contributed by atoms with E-state index in [1.165, 1.54) is 0 Å². The number of hydrogen-bond acceptors (Lipinski definition) is 5. The molecule has 0 bridgehead atoms.